The van der Waals surface area contributed by atoms with E-state index in [1.165, 1.54) is 0 Å². The molecule has 0 aromatic rings. The Morgan fingerprint density at radius 2 is 2.22 bits per heavy atom. The lowest BCUT2D eigenvalue weighted by molar-refractivity contribution is -0.126. The van der Waals surface area contributed by atoms with Gasteiger partial charge in [-0.05, 0) is 38.8 Å². The van der Waals surface area contributed by atoms with Crippen molar-refractivity contribution in [3.05, 3.63) is 0 Å². The number of likely N-dealkylation sites (N-methyl/N-ethyl adjacent to an activating group) is 1. The number of rotatable bonds is 10. The van der Waals surface area contributed by atoms with Crippen LogP contribution < -0.4 is 11.1 Å². The Morgan fingerprint density at radius 1 is 1.56 bits per heavy atom. The molecule has 1 saturated carbocycles. The van der Waals surface area contributed by atoms with Crippen LogP contribution in [0.1, 0.15) is 26.2 Å². The van der Waals surface area contributed by atoms with Gasteiger partial charge in [-0.3, -0.25) is 4.79 Å². The van der Waals surface area contributed by atoms with Gasteiger partial charge >= 0.3 is 0 Å². The predicted molar refractivity (Wildman–Crippen MR) is 72.3 cm³/mol. The fourth-order valence-corrected chi connectivity index (χ4v) is 2.37. The highest BCUT2D eigenvalue weighted by molar-refractivity contribution is 5.86. The third kappa shape index (κ3) is 3.93. The van der Waals surface area contributed by atoms with Crippen molar-refractivity contribution in [3.8, 4) is 0 Å². The molecule has 1 rings (SSSR count). The quantitative estimate of drug-likeness (QED) is 0.586. The van der Waals surface area contributed by atoms with Crippen LogP contribution in [0.4, 0.5) is 0 Å². The van der Waals surface area contributed by atoms with E-state index in [9.17, 15) is 4.79 Å². The van der Waals surface area contributed by atoms with E-state index in [2.05, 4.69) is 17.1 Å². The van der Waals surface area contributed by atoms with Gasteiger partial charge in [0.1, 0.15) is 5.54 Å². The summed E-state index contributed by atoms with van der Waals surface area (Å²) in [5, 5.41) is 3.39. The number of ether oxygens (including phenoxy) is 1. The summed E-state index contributed by atoms with van der Waals surface area (Å²) in [6, 6.07) is 0. The fraction of sp³-hybridized carbons (Fsp3) is 0.923. The predicted octanol–water partition coefficient (Wildman–Crippen LogP) is 0.198. The van der Waals surface area contributed by atoms with Crippen LogP contribution in [0.5, 0.6) is 0 Å². The maximum Gasteiger partial charge on any atom is 0.239 e. The number of nitrogens with zero attached hydrogens (tertiary/aromatic N) is 1. The van der Waals surface area contributed by atoms with Gasteiger partial charge in [-0.1, -0.05) is 6.92 Å². The second-order valence-corrected chi connectivity index (χ2v) is 5.27. The maximum absolute atomic E-state index is 11.9. The summed E-state index contributed by atoms with van der Waals surface area (Å²) in [7, 11) is 3.69. The highest BCUT2D eigenvalue weighted by Crippen LogP contribution is 2.40. The normalized spacial score (nSPS) is 18.9. The van der Waals surface area contributed by atoms with Crippen molar-refractivity contribution < 1.29 is 9.53 Å². The topological polar surface area (TPSA) is 67.6 Å². The lowest BCUT2D eigenvalue weighted by Gasteiger charge is -2.35. The Bertz CT molecular complexity index is 269. The van der Waals surface area contributed by atoms with Crippen molar-refractivity contribution in [2.75, 3.05) is 40.4 Å². The molecule has 0 aromatic heterocycles. The number of methoxy groups -OCH3 is 1. The molecular formula is C13H27N3O2. The van der Waals surface area contributed by atoms with E-state index < -0.39 is 5.54 Å². The maximum atomic E-state index is 11.9. The van der Waals surface area contributed by atoms with Crippen molar-refractivity contribution in [1.82, 2.24) is 10.2 Å². The molecule has 1 aliphatic rings. The molecule has 0 aromatic carbocycles. The molecule has 5 heteroatoms. The summed E-state index contributed by atoms with van der Waals surface area (Å²) >= 11 is 0. The number of carbonyl (C=O) groups is 1. The molecule has 0 spiro atoms. The van der Waals surface area contributed by atoms with Gasteiger partial charge in [0, 0.05) is 20.2 Å². The molecule has 1 unspecified atom stereocenters. The second-order valence-electron chi connectivity index (χ2n) is 5.27. The van der Waals surface area contributed by atoms with E-state index in [0.717, 1.165) is 32.4 Å². The van der Waals surface area contributed by atoms with Gasteiger partial charge in [0.25, 0.3) is 0 Å². The smallest absolute Gasteiger partial charge is 0.239 e. The SMILES string of the molecule is CCCNC(CN(C)CCOC)(C(N)=O)C1CC1. The summed E-state index contributed by atoms with van der Waals surface area (Å²) in [4.78, 5) is 14.0. The van der Waals surface area contributed by atoms with Crippen LogP contribution in [0.3, 0.4) is 0 Å². The van der Waals surface area contributed by atoms with Crippen molar-refractivity contribution in [2.24, 2.45) is 11.7 Å². The van der Waals surface area contributed by atoms with E-state index in [1.54, 1.807) is 7.11 Å². The van der Waals surface area contributed by atoms with Crippen LogP contribution >= 0.6 is 0 Å². The van der Waals surface area contributed by atoms with Crippen molar-refractivity contribution in [3.63, 3.8) is 0 Å². The first-order valence-electron chi connectivity index (χ1n) is 6.79. The van der Waals surface area contributed by atoms with Crippen LogP contribution in [-0.2, 0) is 9.53 Å². The monoisotopic (exact) mass is 257 g/mol. The Morgan fingerprint density at radius 3 is 2.67 bits per heavy atom. The molecule has 0 radical (unpaired) electrons. The summed E-state index contributed by atoms with van der Waals surface area (Å²) in [5.41, 5.74) is 5.11. The minimum Gasteiger partial charge on any atom is -0.383 e. The molecule has 0 aliphatic heterocycles. The Labute approximate surface area is 110 Å². The number of hydrogen-bond acceptors (Lipinski definition) is 4. The highest BCUT2D eigenvalue weighted by Gasteiger charge is 2.49. The number of nitrogens with one attached hydrogen (secondary N) is 1. The summed E-state index contributed by atoms with van der Waals surface area (Å²) in [5.74, 6) is 0.175. The van der Waals surface area contributed by atoms with E-state index in [0.29, 0.717) is 19.1 Å². The first kappa shape index (κ1) is 15.4. The summed E-state index contributed by atoms with van der Waals surface area (Å²) in [6.07, 6.45) is 3.19. The Hall–Kier alpha value is -0.650. The third-order valence-corrected chi connectivity index (χ3v) is 3.60. The molecule has 3 N–H and O–H groups in total. The molecule has 1 fully saturated rings. The first-order chi connectivity index (χ1) is 8.56. The van der Waals surface area contributed by atoms with Crippen LogP contribution in [0.25, 0.3) is 0 Å². The molecule has 1 aliphatic carbocycles. The molecule has 0 heterocycles. The van der Waals surface area contributed by atoms with Crippen molar-refractivity contribution >= 4 is 5.91 Å². The minimum absolute atomic E-state index is 0.220. The van der Waals surface area contributed by atoms with Crippen molar-refractivity contribution in [2.45, 2.75) is 31.7 Å². The number of amides is 1. The number of primary amides is 1. The lowest BCUT2D eigenvalue weighted by Crippen LogP contribution is -2.63. The van der Waals surface area contributed by atoms with E-state index in [1.807, 2.05) is 7.05 Å². The molecule has 5 nitrogen and oxygen atoms in total. The Balaban J connectivity index is 2.65. The molecule has 1 atom stereocenters. The third-order valence-electron chi connectivity index (χ3n) is 3.60. The molecule has 0 bridgehead atoms. The second kappa shape index (κ2) is 7.07. The van der Waals surface area contributed by atoms with Gasteiger partial charge in [0.2, 0.25) is 5.91 Å². The average Bonchev–Trinajstić information content (AvgIpc) is 3.15. The molecule has 0 saturated heterocycles. The highest BCUT2D eigenvalue weighted by atomic mass is 16.5. The molecule has 18 heavy (non-hydrogen) atoms. The molecule has 106 valence electrons. The van der Waals surface area contributed by atoms with Gasteiger partial charge in [-0.25, -0.2) is 0 Å². The fourth-order valence-electron chi connectivity index (χ4n) is 2.37. The average molecular weight is 257 g/mol. The van der Waals surface area contributed by atoms with Crippen LogP contribution in [0.15, 0.2) is 0 Å². The lowest BCUT2D eigenvalue weighted by atomic mass is 9.91. The molecule has 1 amide bonds. The number of nitrogens with two attached hydrogens (primary N) is 1. The van der Waals surface area contributed by atoms with Crippen molar-refractivity contribution in [1.29, 1.82) is 0 Å². The van der Waals surface area contributed by atoms with Gasteiger partial charge < -0.3 is 20.7 Å². The van der Waals surface area contributed by atoms with E-state index in [-0.39, 0.29) is 5.91 Å². The van der Waals surface area contributed by atoms with E-state index in [4.69, 9.17) is 10.5 Å². The van der Waals surface area contributed by atoms with Gasteiger partial charge in [0.05, 0.1) is 6.61 Å². The number of carbonyl (C=O) groups excluding carboxylic acids is 1. The van der Waals surface area contributed by atoms with Crippen LogP contribution in [0, 0.1) is 5.92 Å². The van der Waals surface area contributed by atoms with Gasteiger partial charge in [0.15, 0.2) is 0 Å². The zero-order chi connectivity index (χ0) is 13.6. The van der Waals surface area contributed by atoms with E-state index >= 15 is 0 Å². The van der Waals surface area contributed by atoms with Gasteiger partial charge in [-0.15, -0.1) is 0 Å². The zero-order valence-electron chi connectivity index (χ0n) is 11.9. The summed E-state index contributed by atoms with van der Waals surface area (Å²) in [6.45, 7) is 5.07. The Kier molecular flexibility index (Phi) is 6.05. The first-order valence-corrected chi connectivity index (χ1v) is 6.79. The van der Waals surface area contributed by atoms with Gasteiger partial charge in [-0.2, -0.15) is 0 Å². The largest absolute Gasteiger partial charge is 0.383 e. The number of hydrogen-bond donors (Lipinski definition) is 2. The minimum atomic E-state index is -0.557. The summed E-state index contributed by atoms with van der Waals surface area (Å²) < 4.78 is 5.07. The van der Waals surface area contributed by atoms with Crippen LogP contribution in [0.2, 0.25) is 0 Å². The standard InChI is InChI=1S/C13H27N3O2/c1-4-7-15-13(12(14)17,11-5-6-11)10-16(2)8-9-18-3/h11,15H,4-10H2,1-3H3,(H2,14,17). The molecular weight excluding hydrogens is 230 g/mol. The van der Waals surface area contributed by atoms with Crippen LogP contribution in [-0.4, -0.2) is 56.7 Å². The zero-order valence-corrected chi connectivity index (χ0v) is 11.9.